The molecule has 0 aromatic carbocycles. The molecule has 0 saturated carbocycles. The highest BCUT2D eigenvalue weighted by molar-refractivity contribution is 6.74. The molecule has 1 aliphatic heterocycles. The molecule has 0 aromatic rings. The normalized spacial score (nSPS) is 28.3. The lowest BCUT2D eigenvalue weighted by molar-refractivity contribution is -0.148. The Morgan fingerprint density at radius 1 is 1.09 bits per heavy atom. The maximum Gasteiger partial charge on any atom is 0.303 e. The quantitative estimate of drug-likeness (QED) is 0.137. The van der Waals surface area contributed by atoms with Crippen molar-refractivity contribution >= 4 is 28.9 Å². The summed E-state index contributed by atoms with van der Waals surface area (Å²) in [7, 11) is -4.33. The Balaban J connectivity index is 2.60. The second-order valence-corrected chi connectivity index (χ2v) is 22.0. The zero-order chi connectivity index (χ0) is 25.6. The second kappa shape index (κ2) is 9.18. The van der Waals surface area contributed by atoms with Crippen molar-refractivity contribution < 1.29 is 27.9 Å². The van der Waals surface area contributed by atoms with Crippen LogP contribution in [0.25, 0.3) is 0 Å². The largest absolute Gasteiger partial charge is 0.454 e. The van der Waals surface area contributed by atoms with Crippen LogP contribution in [-0.2, 0) is 27.9 Å². The fourth-order valence-corrected chi connectivity index (χ4v) is 5.94. The average Bonchev–Trinajstić information content (AvgIpc) is 3.35. The molecule has 1 heterocycles. The lowest BCUT2D eigenvalue weighted by Gasteiger charge is -2.43. The van der Waals surface area contributed by atoms with Gasteiger partial charge in [0.25, 0.3) is 0 Å². The van der Waals surface area contributed by atoms with E-state index in [0.717, 1.165) is 11.9 Å². The molecular formula is C25H44O6Si2. The summed E-state index contributed by atoms with van der Waals surface area (Å²) in [6, 6.07) is 0. The highest BCUT2D eigenvalue weighted by Crippen LogP contribution is 2.55. The van der Waals surface area contributed by atoms with E-state index in [4.69, 9.17) is 18.3 Å². The molecular weight excluding hydrogens is 452 g/mol. The number of hydrogen-bond donors (Lipinski definition) is 0. The molecule has 0 spiro atoms. The zero-order valence-corrected chi connectivity index (χ0v) is 24.5. The number of fused-ring (bicyclic) bond motifs is 1. The van der Waals surface area contributed by atoms with Crippen LogP contribution in [0.2, 0.25) is 36.3 Å². The Hall–Kier alpha value is -1.07. The molecule has 0 aromatic heterocycles. The van der Waals surface area contributed by atoms with E-state index in [0.29, 0.717) is 12.0 Å². The van der Waals surface area contributed by atoms with Gasteiger partial charge in [0.2, 0.25) is 0 Å². The van der Waals surface area contributed by atoms with E-state index in [2.05, 4.69) is 74.3 Å². The molecule has 1 aliphatic carbocycles. The van der Waals surface area contributed by atoms with Crippen molar-refractivity contribution in [1.82, 2.24) is 0 Å². The van der Waals surface area contributed by atoms with Crippen LogP contribution in [0.5, 0.6) is 0 Å². The maximum absolute atomic E-state index is 12.5. The lowest BCUT2D eigenvalue weighted by atomic mass is 9.78. The molecule has 33 heavy (non-hydrogen) atoms. The number of aldehydes is 1. The maximum atomic E-state index is 12.5. The third kappa shape index (κ3) is 5.45. The minimum absolute atomic E-state index is 0.0112. The Morgan fingerprint density at radius 3 is 2.06 bits per heavy atom. The van der Waals surface area contributed by atoms with Crippen LogP contribution in [0.3, 0.4) is 0 Å². The van der Waals surface area contributed by atoms with Gasteiger partial charge in [0.05, 0.1) is 12.7 Å². The van der Waals surface area contributed by atoms with Crippen LogP contribution in [0.1, 0.15) is 54.9 Å². The van der Waals surface area contributed by atoms with Crippen LogP contribution < -0.4 is 0 Å². The summed E-state index contributed by atoms with van der Waals surface area (Å²) >= 11 is 0. The summed E-state index contributed by atoms with van der Waals surface area (Å²) in [5.74, 6) is -0.453. The highest BCUT2D eigenvalue weighted by Gasteiger charge is 2.70. The standard InChI is InChI=1S/C25H44O6Si2/c1-13-14-25-21(29-17(2)27)18(15-26)19(16-28-32(9,10)23(3,4)5)20(22(25)30-25)31-33(11,12)24(6,7)8/h13,15,20-22H,1,14,16H2,2-12H3/t20-,21+,22+,25-/m0/s1. The molecule has 2 aliphatic rings. The molecule has 0 bridgehead atoms. The predicted molar refractivity (Wildman–Crippen MR) is 136 cm³/mol. The predicted octanol–water partition coefficient (Wildman–Crippen LogP) is 5.55. The van der Waals surface area contributed by atoms with Gasteiger partial charge in [-0.15, -0.1) is 6.58 Å². The number of esters is 1. The molecule has 8 heteroatoms. The smallest absolute Gasteiger partial charge is 0.303 e. The minimum atomic E-state index is -2.22. The third-order valence-corrected chi connectivity index (χ3v) is 16.9. The van der Waals surface area contributed by atoms with Crippen LogP contribution in [0.4, 0.5) is 0 Å². The Bertz CT molecular complexity index is 818. The van der Waals surface area contributed by atoms with Gasteiger partial charge in [0.15, 0.2) is 22.7 Å². The summed E-state index contributed by atoms with van der Waals surface area (Å²) in [6.07, 6.45) is 1.45. The summed E-state index contributed by atoms with van der Waals surface area (Å²) in [4.78, 5) is 24.5. The Kier molecular flexibility index (Phi) is 7.84. The van der Waals surface area contributed by atoms with E-state index < -0.39 is 40.4 Å². The van der Waals surface area contributed by atoms with Gasteiger partial charge in [-0.3, -0.25) is 9.59 Å². The number of epoxide rings is 1. The van der Waals surface area contributed by atoms with Crippen molar-refractivity contribution in [2.24, 2.45) is 0 Å². The van der Waals surface area contributed by atoms with E-state index in [1.807, 2.05) is 0 Å². The summed E-state index contributed by atoms with van der Waals surface area (Å²) in [6.45, 7) is 27.3. The van der Waals surface area contributed by atoms with Gasteiger partial charge < -0.3 is 18.3 Å². The van der Waals surface area contributed by atoms with Crippen LogP contribution in [0, 0.1) is 0 Å². The molecule has 1 fully saturated rings. The fourth-order valence-electron chi connectivity index (χ4n) is 3.74. The Labute approximate surface area is 202 Å². The first-order valence-electron chi connectivity index (χ1n) is 11.8. The Morgan fingerprint density at radius 2 is 1.64 bits per heavy atom. The van der Waals surface area contributed by atoms with Crippen molar-refractivity contribution in [2.45, 2.75) is 115 Å². The molecule has 6 nitrogen and oxygen atoms in total. The molecule has 0 unspecified atom stereocenters. The SMILES string of the molecule is C=CC[C@@]12O[C@@H]1[C@@H](O[Si](C)(C)C(C)(C)C)C(CO[Si](C)(C)C(C)(C)C)=C(C=O)[C@H]2OC(C)=O. The lowest BCUT2D eigenvalue weighted by Crippen LogP contribution is -2.53. The second-order valence-electron chi connectivity index (χ2n) is 12.4. The molecule has 188 valence electrons. The van der Waals surface area contributed by atoms with Gasteiger partial charge in [-0.25, -0.2) is 0 Å². The summed E-state index contributed by atoms with van der Waals surface area (Å²) in [5.41, 5.74) is 0.327. The minimum Gasteiger partial charge on any atom is -0.454 e. The van der Waals surface area contributed by atoms with Gasteiger partial charge in [-0.1, -0.05) is 47.6 Å². The molecule has 4 atom stereocenters. The van der Waals surface area contributed by atoms with Crippen LogP contribution in [-0.4, -0.2) is 59.4 Å². The monoisotopic (exact) mass is 496 g/mol. The summed E-state index contributed by atoms with van der Waals surface area (Å²) in [5, 5.41) is -0.0141. The van der Waals surface area contributed by atoms with E-state index in [-0.39, 0.29) is 22.8 Å². The highest BCUT2D eigenvalue weighted by atomic mass is 28.4. The first kappa shape index (κ1) is 28.2. The van der Waals surface area contributed by atoms with Crippen molar-refractivity contribution in [1.29, 1.82) is 0 Å². The summed E-state index contributed by atoms with van der Waals surface area (Å²) < 4.78 is 25.4. The van der Waals surface area contributed by atoms with Crippen molar-refractivity contribution in [3.8, 4) is 0 Å². The van der Waals surface area contributed by atoms with E-state index in [9.17, 15) is 9.59 Å². The van der Waals surface area contributed by atoms with Gasteiger partial charge in [0.1, 0.15) is 18.0 Å². The number of carbonyl (C=O) groups excluding carboxylic acids is 2. The zero-order valence-electron chi connectivity index (χ0n) is 22.5. The van der Waals surface area contributed by atoms with E-state index in [1.165, 1.54) is 6.92 Å². The molecule has 0 amide bonds. The van der Waals surface area contributed by atoms with Gasteiger partial charge in [0, 0.05) is 18.9 Å². The molecule has 1 saturated heterocycles. The van der Waals surface area contributed by atoms with Crippen molar-refractivity contribution in [3.63, 3.8) is 0 Å². The third-order valence-electron chi connectivity index (χ3n) is 7.98. The molecule has 0 radical (unpaired) electrons. The fraction of sp³-hybridized carbons (Fsp3) is 0.760. The van der Waals surface area contributed by atoms with Crippen LogP contribution >= 0.6 is 0 Å². The number of ether oxygens (including phenoxy) is 2. The van der Waals surface area contributed by atoms with E-state index in [1.54, 1.807) is 6.08 Å². The first-order valence-corrected chi connectivity index (χ1v) is 17.6. The average molecular weight is 497 g/mol. The van der Waals surface area contributed by atoms with Crippen molar-refractivity contribution in [3.05, 3.63) is 23.8 Å². The van der Waals surface area contributed by atoms with Gasteiger partial charge in [-0.2, -0.15) is 0 Å². The van der Waals surface area contributed by atoms with Gasteiger partial charge >= 0.3 is 5.97 Å². The van der Waals surface area contributed by atoms with Crippen LogP contribution in [0.15, 0.2) is 23.8 Å². The molecule has 0 N–H and O–H groups in total. The van der Waals surface area contributed by atoms with Gasteiger partial charge in [-0.05, 0) is 41.8 Å². The number of carbonyl (C=O) groups is 2. The molecule has 2 rings (SSSR count). The first-order chi connectivity index (χ1) is 14.8. The number of rotatable bonds is 9. The topological polar surface area (TPSA) is 74.4 Å². The number of hydrogen-bond acceptors (Lipinski definition) is 6. The van der Waals surface area contributed by atoms with Crippen molar-refractivity contribution in [2.75, 3.05) is 6.61 Å². The van der Waals surface area contributed by atoms with E-state index >= 15 is 0 Å².